The third-order valence-electron chi connectivity index (χ3n) is 3.43. The van der Waals surface area contributed by atoms with Crippen LogP contribution in [0.5, 0.6) is 0 Å². The average molecular weight is 329 g/mol. The summed E-state index contributed by atoms with van der Waals surface area (Å²) >= 11 is 3.64. The van der Waals surface area contributed by atoms with Gasteiger partial charge in [0.2, 0.25) is 0 Å². The number of methoxy groups -OCH3 is 1. The summed E-state index contributed by atoms with van der Waals surface area (Å²) in [7, 11) is 3.87. The van der Waals surface area contributed by atoms with Crippen LogP contribution in [0.2, 0.25) is 0 Å². The number of nitrogens with zero attached hydrogens (tertiary/aromatic N) is 1. The fraction of sp³-hybridized carbons (Fsp3) is 0.600. The quantitative estimate of drug-likeness (QED) is 0.745. The van der Waals surface area contributed by atoms with E-state index in [4.69, 9.17) is 10.5 Å². The zero-order chi connectivity index (χ0) is 14.3. The summed E-state index contributed by atoms with van der Waals surface area (Å²) in [6.45, 7) is 3.90. The molecule has 2 N–H and O–H groups in total. The lowest BCUT2D eigenvalue weighted by atomic mass is 9.96. The van der Waals surface area contributed by atoms with Gasteiger partial charge in [0, 0.05) is 30.8 Å². The molecule has 0 saturated heterocycles. The van der Waals surface area contributed by atoms with Gasteiger partial charge in [-0.15, -0.1) is 0 Å². The van der Waals surface area contributed by atoms with Crippen LogP contribution in [0.15, 0.2) is 28.7 Å². The summed E-state index contributed by atoms with van der Waals surface area (Å²) in [6.07, 6.45) is 1.98. The number of hydrogen-bond acceptors (Lipinski definition) is 3. The van der Waals surface area contributed by atoms with E-state index in [9.17, 15) is 0 Å². The SMILES string of the molecule is CCC(N)C(c1ccccc1Br)N(C)CCCOC. The Hall–Kier alpha value is -0.420. The van der Waals surface area contributed by atoms with E-state index in [1.54, 1.807) is 7.11 Å². The molecule has 0 aliphatic rings. The Morgan fingerprint density at radius 2 is 2.05 bits per heavy atom. The molecule has 0 amide bonds. The third-order valence-corrected chi connectivity index (χ3v) is 4.16. The number of rotatable bonds is 8. The number of likely N-dealkylation sites (N-methyl/N-ethyl adjacent to an activating group) is 1. The normalized spacial score (nSPS) is 14.6. The van der Waals surface area contributed by atoms with Gasteiger partial charge in [-0.1, -0.05) is 41.1 Å². The first-order valence-corrected chi connectivity index (χ1v) is 7.60. The van der Waals surface area contributed by atoms with Crippen LogP contribution in [-0.2, 0) is 4.74 Å². The van der Waals surface area contributed by atoms with Crippen LogP contribution in [0.1, 0.15) is 31.4 Å². The van der Waals surface area contributed by atoms with E-state index in [2.05, 4.69) is 53.0 Å². The third kappa shape index (κ3) is 4.88. The molecule has 1 aromatic rings. The molecule has 0 aromatic heterocycles. The molecule has 2 unspecified atom stereocenters. The van der Waals surface area contributed by atoms with Crippen molar-refractivity contribution in [1.29, 1.82) is 0 Å². The number of halogens is 1. The van der Waals surface area contributed by atoms with Crippen molar-refractivity contribution >= 4 is 15.9 Å². The zero-order valence-corrected chi connectivity index (χ0v) is 13.7. The lowest BCUT2D eigenvalue weighted by Gasteiger charge is -2.33. The Bertz CT molecular complexity index is 373. The summed E-state index contributed by atoms with van der Waals surface area (Å²) in [6, 6.07) is 8.69. The van der Waals surface area contributed by atoms with Crippen molar-refractivity contribution in [2.45, 2.75) is 31.8 Å². The first kappa shape index (κ1) is 16.6. The Kier molecular flexibility index (Phi) is 7.61. The molecule has 0 aliphatic heterocycles. The highest BCUT2D eigenvalue weighted by Gasteiger charge is 2.24. The van der Waals surface area contributed by atoms with Gasteiger partial charge >= 0.3 is 0 Å². The maximum atomic E-state index is 6.33. The van der Waals surface area contributed by atoms with Gasteiger partial charge in [-0.2, -0.15) is 0 Å². The number of ether oxygens (including phenoxy) is 1. The molecule has 1 rings (SSSR count). The van der Waals surface area contributed by atoms with E-state index < -0.39 is 0 Å². The minimum Gasteiger partial charge on any atom is -0.385 e. The van der Waals surface area contributed by atoms with Crippen LogP contribution in [0.3, 0.4) is 0 Å². The Morgan fingerprint density at radius 1 is 1.37 bits per heavy atom. The second kappa shape index (κ2) is 8.69. The highest BCUT2D eigenvalue weighted by Crippen LogP contribution is 2.30. The maximum absolute atomic E-state index is 6.33. The predicted octanol–water partition coefficient (Wildman–Crippen LogP) is 3.20. The molecule has 0 fully saturated rings. The molecule has 1 aromatic carbocycles. The zero-order valence-electron chi connectivity index (χ0n) is 12.1. The second-order valence-corrected chi connectivity index (χ2v) is 5.72. The predicted molar refractivity (Wildman–Crippen MR) is 84.3 cm³/mol. The minimum atomic E-state index is 0.131. The summed E-state index contributed by atoms with van der Waals surface area (Å²) in [5.41, 5.74) is 7.59. The van der Waals surface area contributed by atoms with Crippen molar-refractivity contribution in [2.24, 2.45) is 5.73 Å². The van der Waals surface area contributed by atoms with Gasteiger partial charge in [0.25, 0.3) is 0 Å². The highest BCUT2D eigenvalue weighted by atomic mass is 79.9. The van der Waals surface area contributed by atoms with E-state index in [0.29, 0.717) is 0 Å². The van der Waals surface area contributed by atoms with Crippen LogP contribution in [0.4, 0.5) is 0 Å². The number of hydrogen-bond donors (Lipinski definition) is 1. The molecule has 4 heteroatoms. The average Bonchev–Trinajstić information content (AvgIpc) is 2.41. The van der Waals surface area contributed by atoms with Crippen molar-refractivity contribution in [3.8, 4) is 0 Å². The first-order valence-electron chi connectivity index (χ1n) is 6.81. The summed E-state index contributed by atoms with van der Waals surface area (Å²) < 4.78 is 6.25. The monoisotopic (exact) mass is 328 g/mol. The molecule has 0 radical (unpaired) electrons. The fourth-order valence-electron chi connectivity index (χ4n) is 2.33. The molecule has 3 nitrogen and oxygen atoms in total. The van der Waals surface area contributed by atoms with Crippen LogP contribution < -0.4 is 5.73 Å². The number of benzene rings is 1. The van der Waals surface area contributed by atoms with Crippen molar-refractivity contribution in [2.75, 3.05) is 27.3 Å². The molecule has 108 valence electrons. The van der Waals surface area contributed by atoms with Crippen LogP contribution in [0, 0.1) is 0 Å². The van der Waals surface area contributed by atoms with Crippen molar-refractivity contribution in [1.82, 2.24) is 4.90 Å². The van der Waals surface area contributed by atoms with Gasteiger partial charge in [0.15, 0.2) is 0 Å². The van der Waals surface area contributed by atoms with Crippen LogP contribution in [0.25, 0.3) is 0 Å². The Labute approximate surface area is 125 Å². The van der Waals surface area contributed by atoms with E-state index in [-0.39, 0.29) is 12.1 Å². The highest BCUT2D eigenvalue weighted by molar-refractivity contribution is 9.10. The summed E-state index contributed by atoms with van der Waals surface area (Å²) in [5, 5.41) is 0. The minimum absolute atomic E-state index is 0.131. The Balaban J connectivity index is 2.86. The molecule has 0 aliphatic carbocycles. The van der Waals surface area contributed by atoms with Crippen LogP contribution >= 0.6 is 15.9 Å². The molecular weight excluding hydrogens is 304 g/mol. The molecule has 0 spiro atoms. The van der Waals surface area contributed by atoms with Gasteiger partial charge in [-0.3, -0.25) is 4.90 Å². The van der Waals surface area contributed by atoms with Crippen molar-refractivity contribution in [3.05, 3.63) is 34.3 Å². The summed E-state index contributed by atoms with van der Waals surface area (Å²) in [5.74, 6) is 0. The molecule has 19 heavy (non-hydrogen) atoms. The van der Waals surface area contributed by atoms with Crippen molar-refractivity contribution < 1.29 is 4.74 Å². The standard InChI is InChI=1S/C15H25BrN2O/c1-4-14(17)15(18(2)10-7-11-19-3)12-8-5-6-9-13(12)16/h5-6,8-9,14-15H,4,7,10-11,17H2,1-3H3. The molecule has 0 heterocycles. The molecule has 0 saturated carbocycles. The van der Waals surface area contributed by atoms with Gasteiger partial charge in [0.05, 0.1) is 6.04 Å². The topological polar surface area (TPSA) is 38.5 Å². The van der Waals surface area contributed by atoms with Gasteiger partial charge in [-0.25, -0.2) is 0 Å². The van der Waals surface area contributed by atoms with Gasteiger partial charge < -0.3 is 10.5 Å². The van der Waals surface area contributed by atoms with E-state index in [1.807, 2.05) is 6.07 Å². The lowest BCUT2D eigenvalue weighted by molar-refractivity contribution is 0.155. The fourth-order valence-corrected chi connectivity index (χ4v) is 2.85. The summed E-state index contributed by atoms with van der Waals surface area (Å²) in [4.78, 5) is 2.33. The van der Waals surface area contributed by atoms with E-state index >= 15 is 0 Å². The largest absolute Gasteiger partial charge is 0.385 e. The first-order chi connectivity index (χ1) is 9.11. The van der Waals surface area contributed by atoms with E-state index in [0.717, 1.165) is 30.5 Å². The van der Waals surface area contributed by atoms with Crippen molar-refractivity contribution in [3.63, 3.8) is 0 Å². The van der Waals surface area contributed by atoms with Gasteiger partial charge in [-0.05, 0) is 31.5 Å². The molecule has 0 bridgehead atoms. The molecular formula is C15H25BrN2O. The Morgan fingerprint density at radius 3 is 2.63 bits per heavy atom. The number of nitrogens with two attached hydrogens (primary N) is 1. The molecule has 2 atom stereocenters. The van der Waals surface area contributed by atoms with Crippen LogP contribution in [-0.4, -0.2) is 38.3 Å². The maximum Gasteiger partial charge on any atom is 0.0507 e. The second-order valence-electron chi connectivity index (χ2n) is 4.87. The smallest absolute Gasteiger partial charge is 0.0507 e. The van der Waals surface area contributed by atoms with Gasteiger partial charge in [0.1, 0.15) is 0 Å². The lowest BCUT2D eigenvalue weighted by Crippen LogP contribution is -2.39. The van der Waals surface area contributed by atoms with E-state index in [1.165, 1.54) is 5.56 Å².